The molecule has 0 atom stereocenters. The third kappa shape index (κ3) is 9.36. The predicted octanol–water partition coefficient (Wildman–Crippen LogP) is 2.78. The van der Waals surface area contributed by atoms with Crippen molar-refractivity contribution in [1.29, 1.82) is 0 Å². The summed E-state index contributed by atoms with van der Waals surface area (Å²) in [6.45, 7) is 8.18. The molecule has 0 aliphatic rings. The first kappa shape index (κ1) is 16.1. The number of ether oxygens (including phenoxy) is 2. The SMILES string of the molecule is C=CCOCC=C.COC(=O)Cc1ccccc1. The van der Waals surface area contributed by atoms with E-state index in [1.807, 2.05) is 30.3 Å². The van der Waals surface area contributed by atoms with E-state index in [0.29, 0.717) is 19.6 Å². The molecule has 0 fully saturated rings. The molecule has 3 nitrogen and oxygen atoms in total. The van der Waals surface area contributed by atoms with Gasteiger partial charge in [-0.1, -0.05) is 42.5 Å². The van der Waals surface area contributed by atoms with E-state index in [1.54, 1.807) is 12.2 Å². The molecule has 98 valence electrons. The molecule has 0 aromatic heterocycles. The molecule has 0 saturated carbocycles. The molecule has 0 aliphatic heterocycles. The number of benzene rings is 1. The van der Waals surface area contributed by atoms with Crippen molar-refractivity contribution in [3.05, 3.63) is 61.2 Å². The molecule has 0 heterocycles. The molecule has 0 radical (unpaired) electrons. The zero-order valence-electron chi connectivity index (χ0n) is 10.8. The Bertz CT molecular complexity index is 336. The lowest BCUT2D eigenvalue weighted by Gasteiger charge is -1.97. The van der Waals surface area contributed by atoms with Crippen LogP contribution in [0.15, 0.2) is 55.6 Å². The molecule has 0 N–H and O–H groups in total. The van der Waals surface area contributed by atoms with Crippen molar-refractivity contribution in [3.63, 3.8) is 0 Å². The molecule has 0 unspecified atom stereocenters. The van der Waals surface area contributed by atoms with E-state index in [4.69, 9.17) is 4.74 Å². The van der Waals surface area contributed by atoms with E-state index >= 15 is 0 Å². The van der Waals surface area contributed by atoms with Gasteiger partial charge in [0.05, 0.1) is 26.7 Å². The van der Waals surface area contributed by atoms with Crippen LogP contribution in [0.1, 0.15) is 5.56 Å². The van der Waals surface area contributed by atoms with Crippen molar-refractivity contribution in [2.75, 3.05) is 20.3 Å². The third-order valence-electron chi connectivity index (χ3n) is 1.89. The van der Waals surface area contributed by atoms with Crippen LogP contribution in [-0.2, 0) is 20.7 Å². The van der Waals surface area contributed by atoms with Crippen LogP contribution in [0, 0.1) is 0 Å². The lowest BCUT2D eigenvalue weighted by Crippen LogP contribution is -2.03. The minimum Gasteiger partial charge on any atom is -0.469 e. The maximum Gasteiger partial charge on any atom is 0.309 e. The monoisotopic (exact) mass is 248 g/mol. The second kappa shape index (κ2) is 11.6. The smallest absolute Gasteiger partial charge is 0.309 e. The molecule has 0 aliphatic carbocycles. The number of rotatable bonds is 6. The van der Waals surface area contributed by atoms with Crippen molar-refractivity contribution in [2.45, 2.75) is 6.42 Å². The van der Waals surface area contributed by atoms with Gasteiger partial charge in [-0.15, -0.1) is 13.2 Å². The standard InChI is InChI=1S/C9H10O2.C6H10O/c1-11-9(10)7-8-5-3-2-4-6-8;1-3-5-7-6-4-2/h2-6H,7H2,1H3;3-4H,1-2,5-6H2. The number of esters is 1. The summed E-state index contributed by atoms with van der Waals surface area (Å²) in [6.07, 6.45) is 3.78. The van der Waals surface area contributed by atoms with Crippen LogP contribution in [0.3, 0.4) is 0 Å². The van der Waals surface area contributed by atoms with Crippen LogP contribution in [0.5, 0.6) is 0 Å². The van der Waals surface area contributed by atoms with Gasteiger partial charge in [-0.3, -0.25) is 4.79 Å². The first-order valence-electron chi connectivity index (χ1n) is 5.64. The second-order valence-electron chi connectivity index (χ2n) is 3.35. The fourth-order valence-electron chi connectivity index (χ4n) is 1.07. The summed E-state index contributed by atoms with van der Waals surface area (Å²) in [5.41, 5.74) is 0.986. The Hall–Kier alpha value is -1.87. The Morgan fingerprint density at radius 2 is 1.72 bits per heavy atom. The number of methoxy groups -OCH3 is 1. The lowest BCUT2D eigenvalue weighted by atomic mass is 10.2. The zero-order chi connectivity index (χ0) is 13.6. The average Bonchev–Trinajstić information content (AvgIpc) is 2.41. The summed E-state index contributed by atoms with van der Waals surface area (Å²) in [6, 6.07) is 9.52. The number of hydrogen-bond donors (Lipinski definition) is 0. The van der Waals surface area contributed by atoms with Crippen LogP contribution in [-0.4, -0.2) is 26.3 Å². The number of carbonyl (C=O) groups is 1. The van der Waals surface area contributed by atoms with Crippen LogP contribution >= 0.6 is 0 Å². The van der Waals surface area contributed by atoms with Gasteiger partial charge in [0.25, 0.3) is 0 Å². The summed E-state index contributed by atoms with van der Waals surface area (Å²) >= 11 is 0. The van der Waals surface area contributed by atoms with Gasteiger partial charge in [0, 0.05) is 0 Å². The summed E-state index contributed by atoms with van der Waals surface area (Å²) in [7, 11) is 1.39. The summed E-state index contributed by atoms with van der Waals surface area (Å²) in [5, 5.41) is 0. The molecule has 1 aromatic carbocycles. The van der Waals surface area contributed by atoms with Crippen LogP contribution in [0.2, 0.25) is 0 Å². The summed E-state index contributed by atoms with van der Waals surface area (Å²) in [5.74, 6) is -0.198. The first-order valence-corrected chi connectivity index (χ1v) is 5.64. The Balaban J connectivity index is 0.000000360. The first-order chi connectivity index (χ1) is 8.74. The molecule has 0 spiro atoms. The molecule has 0 amide bonds. The second-order valence-corrected chi connectivity index (χ2v) is 3.35. The largest absolute Gasteiger partial charge is 0.469 e. The lowest BCUT2D eigenvalue weighted by molar-refractivity contribution is -0.139. The predicted molar refractivity (Wildman–Crippen MR) is 73.4 cm³/mol. The summed E-state index contributed by atoms with van der Waals surface area (Å²) in [4.78, 5) is 10.8. The van der Waals surface area contributed by atoms with E-state index in [2.05, 4.69) is 17.9 Å². The van der Waals surface area contributed by atoms with Crippen LogP contribution in [0.4, 0.5) is 0 Å². The average molecular weight is 248 g/mol. The zero-order valence-corrected chi connectivity index (χ0v) is 10.8. The Labute approximate surface area is 109 Å². The van der Waals surface area contributed by atoms with Crippen LogP contribution in [0.25, 0.3) is 0 Å². The van der Waals surface area contributed by atoms with Crippen molar-refractivity contribution >= 4 is 5.97 Å². The maximum absolute atomic E-state index is 10.8. The van der Waals surface area contributed by atoms with Crippen LogP contribution < -0.4 is 0 Å². The molecule has 0 saturated heterocycles. The highest BCUT2D eigenvalue weighted by atomic mass is 16.5. The Morgan fingerprint density at radius 1 is 1.17 bits per heavy atom. The van der Waals surface area contributed by atoms with Gasteiger partial charge in [0.15, 0.2) is 0 Å². The quantitative estimate of drug-likeness (QED) is 0.441. The highest BCUT2D eigenvalue weighted by molar-refractivity contribution is 5.72. The van der Waals surface area contributed by atoms with Crippen molar-refractivity contribution in [2.24, 2.45) is 0 Å². The Kier molecular flexibility index (Phi) is 10.4. The van der Waals surface area contributed by atoms with Gasteiger partial charge in [-0.2, -0.15) is 0 Å². The molecular formula is C15H20O3. The van der Waals surface area contributed by atoms with E-state index in [1.165, 1.54) is 7.11 Å². The Morgan fingerprint density at radius 3 is 2.17 bits per heavy atom. The molecule has 3 heteroatoms. The third-order valence-corrected chi connectivity index (χ3v) is 1.89. The van der Waals surface area contributed by atoms with E-state index < -0.39 is 0 Å². The summed E-state index contributed by atoms with van der Waals surface area (Å²) < 4.78 is 9.41. The number of carbonyl (C=O) groups excluding carboxylic acids is 1. The van der Waals surface area contributed by atoms with Gasteiger partial charge >= 0.3 is 5.97 Å². The van der Waals surface area contributed by atoms with Crippen molar-refractivity contribution in [1.82, 2.24) is 0 Å². The molecule has 1 aromatic rings. The van der Waals surface area contributed by atoms with Crippen molar-refractivity contribution < 1.29 is 14.3 Å². The van der Waals surface area contributed by atoms with Gasteiger partial charge in [-0.25, -0.2) is 0 Å². The van der Waals surface area contributed by atoms with Crippen molar-refractivity contribution in [3.8, 4) is 0 Å². The van der Waals surface area contributed by atoms with Gasteiger partial charge in [0.1, 0.15) is 0 Å². The molecular weight excluding hydrogens is 228 g/mol. The molecule has 1 rings (SSSR count). The van der Waals surface area contributed by atoms with E-state index in [9.17, 15) is 4.79 Å². The molecule has 0 bridgehead atoms. The fourth-order valence-corrected chi connectivity index (χ4v) is 1.07. The van der Waals surface area contributed by atoms with Gasteiger partial charge < -0.3 is 9.47 Å². The number of hydrogen-bond acceptors (Lipinski definition) is 3. The normalized spacial score (nSPS) is 8.72. The minimum atomic E-state index is -0.198. The van der Waals surface area contributed by atoms with E-state index in [-0.39, 0.29) is 5.97 Å². The maximum atomic E-state index is 10.8. The van der Waals surface area contributed by atoms with E-state index in [0.717, 1.165) is 5.56 Å². The highest BCUT2D eigenvalue weighted by Gasteiger charge is 1.99. The fraction of sp³-hybridized carbons (Fsp3) is 0.267. The minimum absolute atomic E-state index is 0.198. The highest BCUT2D eigenvalue weighted by Crippen LogP contribution is 1.99. The topological polar surface area (TPSA) is 35.5 Å². The van der Waals surface area contributed by atoms with Gasteiger partial charge in [-0.05, 0) is 5.56 Å². The van der Waals surface area contributed by atoms with Gasteiger partial charge in [0.2, 0.25) is 0 Å². The molecule has 18 heavy (non-hydrogen) atoms.